The average Bonchev–Trinajstić information content (AvgIpc) is 3.44. The van der Waals surface area contributed by atoms with Gasteiger partial charge in [0.25, 0.3) is 5.91 Å². The summed E-state index contributed by atoms with van der Waals surface area (Å²) in [4.78, 5) is 32.0. The normalized spacial score (nSPS) is 17.6. The number of carbonyl (C=O) groups is 2. The third-order valence-electron chi connectivity index (χ3n) is 6.27. The Hall–Kier alpha value is -3.26. The number of benzene rings is 1. The van der Waals surface area contributed by atoms with Crippen LogP contribution in [0.2, 0.25) is 5.02 Å². The molecule has 1 aromatic carbocycles. The number of hydrogen-bond donors (Lipinski definition) is 1. The number of piperidine rings is 1. The summed E-state index contributed by atoms with van der Waals surface area (Å²) in [7, 11) is 0. The Labute approximate surface area is 195 Å². The predicted molar refractivity (Wildman–Crippen MR) is 122 cm³/mol. The van der Waals surface area contributed by atoms with E-state index in [1.54, 1.807) is 39.9 Å². The molecule has 1 N–H and O–H groups in total. The molecule has 2 aliphatic rings. The number of rotatable bonds is 4. The molecule has 170 valence electrons. The summed E-state index contributed by atoms with van der Waals surface area (Å²) in [5, 5.41) is 7.84. The van der Waals surface area contributed by atoms with Crippen LogP contribution < -0.4 is 5.32 Å². The van der Waals surface area contributed by atoms with E-state index in [-0.39, 0.29) is 23.5 Å². The molecule has 5 rings (SSSR count). The predicted octanol–water partition coefficient (Wildman–Crippen LogP) is 4.04. The van der Waals surface area contributed by atoms with Crippen LogP contribution in [0.15, 0.2) is 42.6 Å². The lowest BCUT2D eigenvalue weighted by Gasteiger charge is -2.31. The Morgan fingerprint density at radius 2 is 1.97 bits per heavy atom. The van der Waals surface area contributed by atoms with Crippen molar-refractivity contribution in [3.05, 3.63) is 70.4 Å². The fourth-order valence-electron chi connectivity index (χ4n) is 4.64. The van der Waals surface area contributed by atoms with Crippen LogP contribution in [-0.4, -0.2) is 44.6 Å². The van der Waals surface area contributed by atoms with Crippen LogP contribution in [0.1, 0.15) is 41.0 Å². The van der Waals surface area contributed by atoms with E-state index in [1.165, 1.54) is 12.3 Å². The molecule has 1 unspecified atom stereocenters. The van der Waals surface area contributed by atoms with Gasteiger partial charge in [0.05, 0.1) is 10.9 Å². The zero-order valence-electron chi connectivity index (χ0n) is 17.9. The second-order valence-corrected chi connectivity index (χ2v) is 8.87. The summed E-state index contributed by atoms with van der Waals surface area (Å²) < 4.78 is 16.0. The van der Waals surface area contributed by atoms with Crippen LogP contribution in [0.3, 0.4) is 0 Å². The first kappa shape index (κ1) is 21.6. The van der Waals surface area contributed by atoms with Crippen molar-refractivity contribution in [2.75, 3.05) is 18.4 Å². The van der Waals surface area contributed by atoms with E-state index in [1.807, 2.05) is 0 Å². The van der Waals surface area contributed by atoms with Gasteiger partial charge in [0.1, 0.15) is 17.3 Å². The van der Waals surface area contributed by atoms with Crippen molar-refractivity contribution in [2.24, 2.45) is 5.92 Å². The lowest BCUT2D eigenvalue weighted by molar-refractivity contribution is -0.121. The first-order chi connectivity index (χ1) is 16.0. The highest BCUT2D eigenvalue weighted by molar-refractivity contribution is 6.30. The fraction of sp³-hybridized carbons (Fsp3) is 0.333. The summed E-state index contributed by atoms with van der Waals surface area (Å²) in [5.41, 5.74) is 2.50. The molecule has 1 atom stereocenters. The summed E-state index contributed by atoms with van der Waals surface area (Å²) in [6.07, 6.45) is 5.27. The molecule has 2 aromatic heterocycles. The second-order valence-electron chi connectivity index (χ2n) is 8.43. The largest absolute Gasteiger partial charge is 0.336 e. The van der Waals surface area contributed by atoms with Crippen LogP contribution in [-0.2, 0) is 17.6 Å². The molecule has 1 fully saturated rings. The number of hydrogen-bond acceptors (Lipinski definition) is 4. The van der Waals surface area contributed by atoms with Crippen molar-refractivity contribution >= 4 is 29.2 Å². The van der Waals surface area contributed by atoms with Gasteiger partial charge in [0.15, 0.2) is 5.69 Å². The quantitative estimate of drug-likeness (QED) is 0.628. The molecule has 0 bridgehead atoms. The van der Waals surface area contributed by atoms with Crippen molar-refractivity contribution in [3.8, 4) is 5.69 Å². The Morgan fingerprint density at radius 3 is 2.76 bits per heavy atom. The van der Waals surface area contributed by atoms with Gasteiger partial charge < -0.3 is 10.2 Å². The highest BCUT2D eigenvalue weighted by Crippen LogP contribution is 2.30. The van der Waals surface area contributed by atoms with Crippen LogP contribution in [0, 0.1) is 11.7 Å². The minimum atomic E-state index is -0.376. The number of pyridine rings is 1. The first-order valence-electron chi connectivity index (χ1n) is 11.1. The molecule has 33 heavy (non-hydrogen) atoms. The second kappa shape index (κ2) is 8.94. The summed E-state index contributed by atoms with van der Waals surface area (Å²) in [6, 6.07) is 9.75. The molecule has 0 saturated carbocycles. The van der Waals surface area contributed by atoms with Gasteiger partial charge in [-0.25, -0.2) is 14.1 Å². The molecule has 2 amide bonds. The Morgan fingerprint density at radius 1 is 1.12 bits per heavy atom. The first-order valence-corrected chi connectivity index (χ1v) is 11.5. The maximum atomic E-state index is 14.4. The van der Waals surface area contributed by atoms with Crippen molar-refractivity contribution in [3.63, 3.8) is 0 Å². The molecule has 3 heterocycles. The fourth-order valence-corrected chi connectivity index (χ4v) is 4.75. The van der Waals surface area contributed by atoms with E-state index in [4.69, 9.17) is 11.6 Å². The van der Waals surface area contributed by atoms with Crippen molar-refractivity contribution in [1.82, 2.24) is 19.7 Å². The molecule has 9 heteroatoms. The number of nitrogens with zero attached hydrogens (tertiary/aromatic N) is 4. The van der Waals surface area contributed by atoms with E-state index in [0.717, 1.165) is 30.5 Å². The SMILES string of the molecule is O=C(Nc1ccc(Cl)cn1)C1CCCN(C(=O)c2nn(-c3ccccc3F)c3c2CCC3)C1. The Kier molecular flexibility index (Phi) is 5.85. The third kappa shape index (κ3) is 4.23. The third-order valence-corrected chi connectivity index (χ3v) is 6.50. The lowest BCUT2D eigenvalue weighted by Crippen LogP contribution is -2.44. The number of nitrogens with one attached hydrogen (secondary N) is 1. The van der Waals surface area contributed by atoms with Gasteiger partial charge in [0, 0.05) is 30.5 Å². The zero-order valence-corrected chi connectivity index (χ0v) is 18.7. The number of aromatic nitrogens is 3. The van der Waals surface area contributed by atoms with Crippen molar-refractivity contribution in [1.29, 1.82) is 0 Å². The number of amides is 2. The van der Waals surface area contributed by atoms with Crippen LogP contribution in [0.4, 0.5) is 10.2 Å². The van der Waals surface area contributed by atoms with Gasteiger partial charge in [0.2, 0.25) is 5.91 Å². The zero-order chi connectivity index (χ0) is 22.9. The van der Waals surface area contributed by atoms with E-state index >= 15 is 0 Å². The molecule has 0 spiro atoms. The number of likely N-dealkylation sites (tertiary alicyclic amines) is 1. The molecule has 1 saturated heterocycles. The maximum Gasteiger partial charge on any atom is 0.274 e. The summed E-state index contributed by atoms with van der Waals surface area (Å²) in [5.74, 6) is -0.676. The van der Waals surface area contributed by atoms with Crippen LogP contribution in [0.5, 0.6) is 0 Å². The topological polar surface area (TPSA) is 80.1 Å². The summed E-state index contributed by atoms with van der Waals surface area (Å²) in [6.45, 7) is 0.864. The molecule has 0 radical (unpaired) electrons. The highest BCUT2D eigenvalue weighted by atomic mass is 35.5. The number of fused-ring (bicyclic) bond motifs is 1. The van der Waals surface area contributed by atoms with Crippen molar-refractivity contribution in [2.45, 2.75) is 32.1 Å². The minimum absolute atomic E-state index is 0.176. The number of halogens is 2. The van der Waals surface area contributed by atoms with Crippen LogP contribution in [0.25, 0.3) is 5.69 Å². The number of carbonyl (C=O) groups excluding carboxylic acids is 2. The maximum absolute atomic E-state index is 14.4. The minimum Gasteiger partial charge on any atom is -0.336 e. The molecule has 1 aliphatic carbocycles. The lowest BCUT2D eigenvalue weighted by atomic mass is 9.96. The standard InChI is InChI=1S/C24H23ClFN5O2/c25-16-10-11-21(27-13-16)28-23(32)15-5-4-12-30(14-15)24(33)22-17-6-3-9-19(17)31(29-22)20-8-2-1-7-18(20)26/h1-2,7-8,10-11,13,15H,3-6,9,12,14H2,(H,27,28,32). The molecule has 3 aromatic rings. The molecular weight excluding hydrogens is 445 g/mol. The highest BCUT2D eigenvalue weighted by Gasteiger charge is 2.34. The molecular formula is C24H23ClFN5O2. The Balaban J connectivity index is 1.35. The van der Waals surface area contributed by atoms with Gasteiger partial charge in [-0.15, -0.1) is 0 Å². The van der Waals surface area contributed by atoms with E-state index < -0.39 is 0 Å². The van der Waals surface area contributed by atoms with Crippen LogP contribution >= 0.6 is 11.6 Å². The number of anilines is 1. The van der Waals surface area contributed by atoms with E-state index in [0.29, 0.717) is 48.2 Å². The van der Waals surface area contributed by atoms with E-state index in [2.05, 4.69) is 15.4 Å². The van der Waals surface area contributed by atoms with E-state index in [9.17, 15) is 14.0 Å². The molecule has 7 nitrogen and oxygen atoms in total. The smallest absolute Gasteiger partial charge is 0.274 e. The Bertz CT molecular complexity index is 1210. The average molecular weight is 468 g/mol. The van der Waals surface area contributed by atoms with Gasteiger partial charge in [-0.3, -0.25) is 9.59 Å². The van der Waals surface area contributed by atoms with Gasteiger partial charge in [-0.05, 0) is 56.4 Å². The van der Waals surface area contributed by atoms with Gasteiger partial charge in [-0.2, -0.15) is 5.10 Å². The number of para-hydroxylation sites is 1. The van der Waals surface area contributed by atoms with Gasteiger partial charge >= 0.3 is 0 Å². The van der Waals surface area contributed by atoms with Crippen molar-refractivity contribution < 1.29 is 14.0 Å². The van der Waals surface area contributed by atoms with Gasteiger partial charge in [-0.1, -0.05) is 23.7 Å². The summed E-state index contributed by atoms with van der Waals surface area (Å²) >= 11 is 5.85. The molecule has 1 aliphatic heterocycles. The monoisotopic (exact) mass is 467 g/mol.